The largest absolute Gasteiger partial charge is 0.360 e. The van der Waals surface area contributed by atoms with Crippen molar-refractivity contribution in [1.29, 1.82) is 0 Å². The summed E-state index contributed by atoms with van der Waals surface area (Å²) in [6, 6.07) is 2.57. The van der Waals surface area contributed by atoms with Gasteiger partial charge in [0.1, 0.15) is 0 Å². The summed E-state index contributed by atoms with van der Waals surface area (Å²) in [7, 11) is 0. The van der Waals surface area contributed by atoms with Gasteiger partial charge < -0.3 is 4.52 Å². The second-order valence-electron chi connectivity index (χ2n) is 5.44. The summed E-state index contributed by atoms with van der Waals surface area (Å²) in [4.78, 5) is 2.47. The number of hydrogen-bond donors (Lipinski definition) is 0. The number of hydrogen-bond acceptors (Lipinski definition) is 4. The molecule has 102 valence electrons. The highest BCUT2D eigenvalue weighted by atomic mass is 16.5. The van der Waals surface area contributed by atoms with Gasteiger partial charge in [-0.25, -0.2) is 0 Å². The van der Waals surface area contributed by atoms with Gasteiger partial charge in [-0.1, -0.05) is 5.16 Å². The summed E-state index contributed by atoms with van der Waals surface area (Å²) in [5.74, 6) is 0.959. The zero-order chi connectivity index (χ0) is 13.2. The van der Waals surface area contributed by atoms with E-state index in [0.29, 0.717) is 6.04 Å². The van der Waals surface area contributed by atoms with E-state index in [-0.39, 0.29) is 0 Å². The van der Waals surface area contributed by atoms with Crippen molar-refractivity contribution in [2.75, 3.05) is 6.54 Å². The molecular weight excluding hydrogens is 240 g/mol. The third-order valence-electron chi connectivity index (χ3n) is 3.69. The lowest BCUT2D eigenvalue weighted by Crippen LogP contribution is -2.32. The van der Waals surface area contributed by atoms with Gasteiger partial charge in [-0.2, -0.15) is 5.10 Å². The lowest BCUT2D eigenvalue weighted by Gasteiger charge is -2.23. The molecule has 5 nitrogen and oxygen atoms in total. The molecule has 3 rings (SSSR count). The van der Waals surface area contributed by atoms with Gasteiger partial charge in [-0.15, -0.1) is 0 Å². The third kappa shape index (κ3) is 2.87. The molecule has 0 amide bonds. The second kappa shape index (κ2) is 5.17. The fourth-order valence-corrected chi connectivity index (χ4v) is 2.78. The van der Waals surface area contributed by atoms with E-state index in [9.17, 15) is 0 Å². The lowest BCUT2D eigenvalue weighted by molar-refractivity contribution is 0.195. The number of aryl methyl sites for hydroxylation is 2. The Morgan fingerprint density at radius 2 is 2.32 bits per heavy atom. The Morgan fingerprint density at radius 1 is 1.42 bits per heavy atom. The average Bonchev–Trinajstić information content (AvgIpc) is 3.06. The van der Waals surface area contributed by atoms with Crippen molar-refractivity contribution in [1.82, 2.24) is 19.8 Å². The van der Waals surface area contributed by atoms with Gasteiger partial charge in [-0.05, 0) is 38.8 Å². The molecule has 0 aliphatic carbocycles. The van der Waals surface area contributed by atoms with E-state index < -0.39 is 0 Å². The number of aromatic nitrogens is 3. The van der Waals surface area contributed by atoms with Crippen LogP contribution in [0.15, 0.2) is 23.0 Å². The van der Waals surface area contributed by atoms with Crippen LogP contribution in [0.5, 0.6) is 0 Å². The van der Waals surface area contributed by atoms with Gasteiger partial charge in [-0.3, -0.25) is 9.58 Å². The van der Waals surface area contributed by atoms with Gasteiger partial charge in [0.2, 0.25) is 0 Å². The van der Waals surface area contributed by atoms with Crippen LogP contribution in [-0.4, -0.2) is 32.4 Å². The third-order valence-corrected chi connectivity index (χ3v) is 3.69. The van der Waals surface area contributed by atoms with E-state index in [1.165, 1.54) is 18.4 Å². The molecule has 2 aromatic heterocycles. The van der Waals surface area contributed by atoms with E-state index in [4.69, 9.17) is 4.52 Å². The maximum Gasteiger partial charge on any atom is 0.150 e. The summed E-state index contributed by atoms with van der Waals surface area (Å²) >= 11 is 0. The minimum Gasteiger partial charge on any atom is -0.360 e. The molecule has 0 aromatic carbocycles. The van der Waals surface area contributed by atoms with Gasteiger partial charge in [0.05, 0.1) is 25.0 Å². The van der Waals surface area contributed by atoms with Gasteiger partial charge in [0.15, 0.2) is 5.76 Å². The Balaban J connectivity index is 1.64. The minimum atomic E-state index is 0.546. The maximum absolute atomic E-state index is 5.31. The van der Waals surface area contributed by atoms with Crippen molar-refractivity contribution in [3.05, 3.63) is 35.5 Å². The summed E-state index contributed by atoms with van der Waals surface area (Å²) in [5.41, 5.74) is 2.17. The highest BCUT2D eigenvalue weighted by Crippen LogP contribution is 2.21. The second-order valence-corrected chi connectivity index (χ2v) is 5.44. The first-order chi connectivity index (χ1) is 9.20. The van der Waals surface area contributed by atoms with Crippen LogP contribution >= 0.6 is 0 Å². The normalized spacial score (nSPS) is 20.2. The Morgan fingerprint density at radius 3 is 3.00 bits per heavy atom. The van der Waals surface area contributed by atoms with Crippen LogP contribution in [0.2, 0.25) is 0 Å². The van der Waals surface area contributed by atoms with Crippen molar-refractivity contribution in [2.24, 2.45) is 0 Å². The smallest absolute Gasteiger partial charge is 0.150 e. The van der Waals surface area contributed by atoms with Crippen LogP contribution < -0.4 is 0 Å². The summed E-state index contributed by atoms with van der Waals surface area (Å²) < 4.78 is 7.36. The molecule has 19 heavy (non-hydrogen) atoms. The van der Waals surface area contributed by atoms with E-state index in [1.807, 2.05) is 23.9 Å². The lowest BCUT2D eigenvalue weighted by atomic mass is 10.2. The van der Waals surface area contributed by atoms with Gasteiger partial charge in [0.25, 0.3) is 0 Å². The fourth-order valence-electron chi connectivity index (χ4n) is 2.78. The van der Waals surface area contributed by atoms with E-state index in [2.05, 4.69) is 28.3 Å². The van der Waals surface area contributed by atoms with Crippen LogP contribution in [-0.2, 0) is 13.1 Å². The zero-order valence-electron chi connectivity index (χ0n) is 11.5. The Kier molecular flexibility index (Phi) is 3.38. The van der Waals surface area contributed by atoms with Crippen molar-refractivity contribution >= 4 is 0 Å². The molecule has 0 bridgehead atoms. The first-order valence-electron chi connectivity index (χ1n) is 6.86. The van der Waals surface area contributed by atoms with Crippen molar-refractivity contribution in [3.63, 3.8) is 0 Å². The molecule has 3 heterocycles. The average molecular weight is 260 g/mol. The molecule has 0 radical (unpaired) electrons. The predicted molar refractivity (Wildman–Crippen MR) is 71.6 cm³/mol. The molecule has 1 aliphatic heterocycles. The molecule has 0 unspecified atom stereocenters. The van der Waals surface area contributed by atoms with Crippen LogP contribution in [0.1, 0.15) is 29.9 Å². The zero-order valence-corrected chi connectivity index (χ0v) is 11.5. The number of likely N-dealkylation sites (tertiary alicyclic amines) is 1. The topological polar surface area (TPSA) is 47.1 Å². The highest BCUT2D eigenvalue weighted by molar-refractivity contribution is 5.04. The quantitative estimate of drug-likeness (QED) is 0.845. The van der Waals surface area contributed by atoms with E-state index >= 15 is 0 Å². The van der Waals surface area contributed by atoms with Crippen LogP contribution in [0, 0.1) is 13.8 Å². The van der Waals surface area contributed by atoms with Crippen LogP contribution in [0.3, 0.4) is 0 Å². The molecule has 0 saturated carbocycles. The molecule has 5 heteroatoms. The van der Waals surface area contributed by atoms with E-state index in [0.717, 1.165) is 31.1 Å². The molecule has 1 saturated heterocycles. The fraction of sp³-hybridized carbons (Fsp3) is 0.571. The van der Waals surface area contributed by atoms with Crippen molar-refractivity contribution in [2.45, 2.75) is 45.8 Å². The maximum atomic E-state index is 5.31. The van der Waals surface area contributed by atoms with Gasteiger partial charge >= 0.3 is 0 Å². The first kappa shape index (κ1) is 12.4. The summed E-state index contributed by atoms with van der Waals surface area (Å²) in [6.45, 7) is 6.98. The molecular formula is C14H20N4O. The molecule has 1 fully saturated rings. The standard InChI is InChI=1S/C14H20N4O/c1-11-7-15-18(8-11)9-13-4-3-5-17(13)10-14-6-12(2)16-19-14/h6-8,13H,3-5,9-10H2,1-2H3/t13-/m0/s1. The Hall–Kier alpha value is -1.62. The van der Waals surface area contributed by atoms with Crippen LogP contribution in [0.25, 0.3) is 0 Å². The Bertz CT molecular complexity index is 497. The molecule has 2 aromatic rings. The van der Waals surface area contributed by atoms with Gasteiger partial charge in [0, 0.05) is 18.3 Å². The van der Waals surface area contributed by atoms with E-state index in [1.54, 1.807) is 0 Å². The number of rotatable bonds is 4. The minimum absolute atomic E-state index is 0.546. The number of nitrogens with zero attached hydrogens (tertiary/aromatic N) is 4. The molecule has 0 spiro atoms. The summed E-state index contributed by atoms with van der Waals surface area (Å²) in [5, 5.41) is 8.33. The first-order valence-corrected chi connectivity index (χ1v) is 6.86. The van der Waals surface area contributed by atoms with Crippen molar-refractivity contribution < 1.29 is 4.52 Å². The monoisotopic (exact) mass is 260 g/mol. The predicted octanol–water partition coefficient (Wildman–Crippen LogP) is 2.15. The molecule has 1 aliphatic rings. The molecule has 0 N–H and O–H groups in total. The highest BCUT2D eigenvalue weighted by Gasteiger charge is 2.26. The summed E-state index contributed by atoms with van der Waals surface area (Å²) in [6.07, 6.45) is 6.50. The Labute approximate surface area is 113 Å². The van der Waals surface area contributed by atoms with Crippen molar-refractivity contribution in [3.8, 4) is 0 Å². The SMILES string of the molecule is Cc1cnn(C[C@@H]2CCCN2Cc2cc(C)no2)c1. The van der Waals surface area contributed by atoms with Crippen LogP contribution in [0.4, 0.5) is 0 Å². The molecule has 1 atom stereocenters.